The van der Waals surface area contributed by atoms with Gasteiger partial charge in [-0.1, -0.05) is 56.8 Å². The molecule has 25 heavy (non-hydrogen) atoms. The third kappa shape index (κ3) is 4.21. The number of benzene rings is 2. The normalized spacial score (nSPS) is 10.7. The van der Waals surface area contributed by atoms with Crippen molar-refractivity contribution in [3.8, 4) is 11.3 Å². The highest BCUT2D eigenvalue weighted by Crippen LogP contribution is 2.34. The first-order valence-corrected chi connectivity index (χ1v) is 9.03. The van der Waals surface area contributed by atoms with Gasteiger partial charge < -0.3 is 9.15 Å². The molecule has 7 heteroatoms. The summed E-state index contributed by atoms with van der Waals surface area (Å²) in [5.41, 5.74) is 0.947. The molecule has 0 atom stereocenters. The fourth-order valence-corrected chi connectivity index (χ4v) is 3.11. The Bertz CT molecular complexity index is 937. The Morgan fingerprint density at radius 1 is 1.04 bits per heavy atom. The molecular weight excluding hydrogens is 450 g/mol. The van der Waals surface area contributed by atoms with Crippen LogP contribution in [0.3, 0.4) is 0 Å². The van der Waals surface area contributed by atoms with Crippen molar-refractivity contribution in [2.45, 2.75) is 6.61 Å². The fraction of sp³-hybridized carbons (Fsp3) is 0.0556. The highest BCUT2D eigenvalue weighted by molar-refractivity contribution is 9.10. The van der Waals surface area contributed by atoms with Crippen molar-refractivity contribution in [3.63, 3.8) is 0 Å². The van der Waals surface area contributed by atoms with Crippen LogP contribution < -0.4 is 0 Å². The van der Waals surface area contributed by atoms with Gasteiger partial charge in [-0.3, -0.25) is 0 Å². The lowest BCUT2D eigenvalue weighted by atomic mass is 10.2. The van der Waals surface area contributed by atoms with Crippen molar-refractivity contribution in [2.75, 3.05) is 0 Å². The van der Waals surface area contributed by atoms with Crippen molar-refractivity contribution >= 4 is 56.7 Å². The van der Waals surface area contributed by atoms with Crippen molar-refractivity contribution < 1.29 is 13.9 Å². The maximum absolute atomic E-state index is 12.2. The third-order valence-corrected chi connectivity index (χ3v) is 5.01. The summed E-state index contributed by atoms with van der Waals surface area (Å²) in [5, 5.41) is 1.16. The van der Waals surface area contributed by atoms with Crippen LogP contribution in [0.1, 0.15) is 16.1 Å². The van der Waals surface area contributed by atoms with E-state index in [2.05, 4.69) is 15.9 Å². The predicted octanol–water partition coefficient (Wildman–Crippen LogP) is 7.03. The molecule has 0 fully saturated rings. The molecule has 128 valence electrons. The van der Waals surface area contributed by atoms with E-state index in [1.165, 1.54) is 0 Å². The monoisotopic (exact) mass is 458 g/mol. The molecule has 0 N–H and O–H groups in total. The van der Waals surface area contributed by atoms with Gasteiger partial charge in [0.25, 0.3) is 0 Å². The van der Waals surface area contributed by atoms with Crippen molar-refractivity contribution in [1.82, 2.24) is 0 Å². The van der Waals surface area contributed by atoms with Gasteiger partial charge in [0.15, 0.2) is 0 Å². The van der Waals surface area contributed by atoms with Crippen LogP contribution in [0.15, 0.2) is 57.4 Å². The summed E-state index contributed by atoms with van der Waals surface area (Å²) in [6, 6.07) is 13.7. The largest absolute Gasteiger partial charge is 0.457 e. The van der Waals surface area contributed by atoms with Crippen LogP contribution in [-0.4, -0.2) is 5.97 Å². The highest BCUT2D eigenvalue weighted by Gasteiger charge is 2.15. The summed E-state index contributed by atoms with van der Waals surface area (Å²) >= 11 is 21.5. The number of carbonyl (C=O) groups excluding carboxylic acids is 1. The maximum atomic E-state index is 12.2. The van der Waals surface area contributed by atoms with Gasteiger partial charge in [0, 0.05) is 10.0 Å². The Labute approximate surface area is 167 Å². The average molecular weight is 461 g/mol. The number of furan rings is 1. The van der Waals surface area contributed by atoms with Crippen LogP contribution in [0.2, 0.25) is 15.1 Å². The first-order valence-electron chi connectivity index (χ1n) is 7.11. The van der Waals surface area contributed by atoms with Crippen LogP contribution >= 0.6 is 50.7 Å². The molecule has 0 amide bonds. The van der Waals surface area contributed by atoms with Gasteiger partial charge in [0.2, 0.25) is 0 Å². The number of carbonyl (C=O) groups is 1. The first kappa shape index (κ1) is 18.3. The van der Waals surface area contributed by atoms with Crippen molar-refractivity contribution in [3.05, 3.63) is 79.4 Å². The Morgan fingerprint density at radius 2 is 1.84 bits per heavy atom. The summed E-state index contributed by atoms with van der Waals surface area (Å²) in [5.74, 6) is 0.481. The smallest absolute Gasteiger partial charge is 0.340 e. The van der Waals surface area contributed by atoms with Gasteiger partial charge in [0.1, 0.15) is 18.1 Å². The van der Waals surface area contributed by atoms with E-state index in [9.17, 15) is 4.79 Å². The molecule has 0 radical (unpaired) electrons. The molecule has 1 heterocycles. The van der Waals surface area contributed by atoms with Crippen LogP contribution in [-0.2, 0) is 11.3 Å². The molecule has 3 aromatic rings. The number of ether oxygens (including phenoxy) is 1. The van der Waals surface area contributed by atoms with Crippen molar-refractivity contribution in [1.29, 1.82) is 0 Å². The van der Waals surface area contributed by atoms with E-state index in [-0.39, 0.29) is 12.2 Å². The first-order chi connectivity index (χ1) is 12.0. The molecule has 0 aliphatic rings. The Hall–Kier alpha value is -1.46. The lowest BCUT2D eigenvalue weighted by molar-refractivity contribution is 0.0446. The molecule has 0 bridgehead atoms. The average Bonchev–Trinajstić information content (AvgIpc) is 3.06. The van der Waals surface area contributed by atoms with E-state index < -0.39 is 5.97 Å². The second-order valence-corrected chi connectivity index (χ2v) is 7.18. The molecule has 3 rings (SSSR count). The Kier molecular flexibility index (Phi) is 5.74. The van der Waals surface area contributed by atoms with Gasteiger partial charge in [0.05, 0.1) is 20.6 Å². The number of hydrogen-bond acceptors (Lipinski definition) is 3. The lowest BCUT2D eigenvalue weighted by Crippen LogP contribution is -2.05. The second-order valence-electron chi connectivity index (χ2n) is 5.07. The molecule has 0 aliphatic heterocycles. The van der Waals surface area contributed by atoms with Gasteiger partial charge in [-0.25, -0.2) is 4.79 Å². The lowest BCUT2D eigenvalue weighted by Gasteiger charge is -2.06. The number of hydrogen-bond donors (Lipinski definition) is 0. The summed E-state index contributed by atoms with van der Waals surface area (Å²) in [6.45, 7) is -0.0279. The molecule has 0 saturated carbocycles. The van der Waals surface area contributed by atoms with E-state index in [0.29, 0.717) is 32.2 Å². The summed E-state index contributed by atoms with van der Waals surface area (Å²) in [6.07, 6.45) is 0. The molecular formula is C18H10BrCl3O3. The zero-order chi connectivity index (χ0) is 18.0. The summed E-state index contributed by atoms with van der Waals surface area (Å²) in [4.78, 5) is 12.2. The van der Waals surface area contributed by atoms with Gasteiger partial charge in [-0.05, 0) is 42.5 Å². The number of esters is 1. The van der Waals surface area contributed by atoms with E-state index in [1.807, 2.05) is 0 Å². The van der Waals surface area contributed by atoms with Crippen LogP contribution in [0, 0.1) is 0 Å². The van der Waals surface area contributed by atoms with Crippen LogP contribution in [0.25, 0.3) is 11.3 Å². The van der Waals surface area contributed by atoms with Gasteiger partial charge in [-0.2, -0.15) is 0 Å². The minimum absolute atomic E-state index is 0.0279. The van der Waals surface area contributed by atoms with E-state index in [4.69, 9.17) is 44.0 Å². The zero-order valence-electron chi connectivity index (χ0n) is 12.6. The van der Waals surface area contributed by atoms with Crippen LogP contribution in [0.5, 0.6) is 0 Å². The number of rotatable bonds is 4. The zero-order valence-corrected chi connectivity index (χ0v) is 16.4. The molecule has 3 nitrogen and oxygen atoms in total. The SMILES string of the molecule is O=C(OCc1ccc(-c2cccc(Cl)c2Cl)o1)c1cc(Br)ccc1Cl. The quantitative estimate of drug-likeness (QED) is 0.393. The van der Waals surface area contributed by atoms with Gasteiger partial charge in [-0.15, -0.1) is 0 Å². The third-order valence-electron chi connectivity index (χ3n) is 3.37. The number of halogens is 4. The highest BCUT2D eigenvalue weighted by atomic mass is 79.9. The minimum Gasteiger partial charge on any atom is -0.457 e. The summed E-state index contributed by atoms with van der Waals surface area (Å²) < 4.78 is 11.7. The van der Waals surface area contributed by atoms with Crippen molar-refractivity contribution in [2.24, 2.45) is 0 Å². The molecule has 2 aromatic carbocycles. The Morgan fingerprint density at radius 3 is 2.64 bits per heavy atom. The van der Waals surface area contributed by atoms with E-state index in [0.717, 1.165) is 4.47 Å². The van der Waals surface area contributed by atoms with Crippen LogP contribution in [0.4, 0.5) is 0 Å². The molecule has 0 saturated heterocycles. The summed E-state index contributed by atoms with van der Waals surface area (Å²) in [7, 11) is 0. The fourth-order valence-electron chi connectivity index (χ4n) is 2.16. The minimum atomic E-state index is -0.537. The van der Waals surface area contributed by atoms with Gasteiger partial charge >= 0.3 is 5.97 Å². The molecule has 0 aliphatic carbocycles. The maximum Gasteiger partial charge on any atom is 0.340 e. The standard InChI is InChI=1S/C18H10BrCl3O3/c19-10-4-6-14(20)13(8-10)18(23)24-9-11-5-7-16(25-11)12-2-1-3-15(21)17(12)22/h1-8H,9H2. The predicted molar refractivity (Wildman–Crippen MR) is 102 cm³/mol. The van der Waals surface area contributed by atoms with E-state index in [1.54, 1.807) is 48.5 Å². The Balaban J connectivity index is 1.73. The molecule has 0 unspecified atom stereocenters. The molecule has 0 spiro atoms. The molecule has 1 aromatic heterocycles. The van der Waals surface area contributed by atoms with E-state index >= 15 is 0 Å². The second kappa shape index (κ2) is 7.83. The topological polar surface area (TPSA) is 39.4 Å².